The number of aliphatic hydroxyl groups excluding tert-OH is 1. The van der Waals surface area contributed by atoms with Crippen molar-refractivity contribution in [1.82, 2.24) is 5.32 Å². The van der Waals surface area contributed by atoms with E-state index >= 15 is 0 Å². The Kier molecular flexibility index (Phi) is 42.9. The van der Waals surface area contributed by atoms with Crippen LogP contribution in [0.15, 0.2) is 12.2 Å². The summed E-state index contributed by atoms with van der Waals surface area (Å²) in [5.74, 6) is -0.963. The van der Waals surface area contributed by atoms with Crippen molar-refractivity contribution >= 4 is 16.0 Å². The first-order chi connectivity index (χ1) is 27.3. The molecule has 0 radical (unpaired) electrons. The molecule has 0 fully saturated rings. The van der Waals surface area contributed by atoms with Crippen LogP contribution in [0.3, 0.4) is 0 Å². The minimum atomic E-state index is -4.34. The van der Waals surface area contributed by atoms with E-state index < -0.39 is 28.0 Å². The van der Waals surface area contributed by atoms with Gasteiger partial charge in [-0.15, -0.1) is 0 Å². The van der Waals surface area contributed by atoms with E-state index in [4.69, 9.17) is 0 Å². The monoisotopic (exact) mass is 812 g/mol. The molecule has 0 aromatic heterocycles. The van der Waals surface area contributed by atoms with Crippen molar-refractivity contribution < 1.29 is 22.9 Å². The molecule has 6 nitrogen and oxygen atoms in total. The molecule has 0 aromatic rings. The Balaban J connectivity index is 3.77. The Labute approximate surface area is 350 Å². The molecule has 0 rings (SSSR count). The Bertz CT molecular complexity index is 939. The fourth-order valence-electron chi connectivity index (χ4n) is 7.98. The number of amides is 1. The van der Waals surface area contributed by atoms with E-state index in [-0.39, 0.29) is 5.91 Å². The number of aliphatic hydroxyl groups is 1. The lowest BCUT2D eigenvalue weighted by atomic mass is 10.0. The van der Waals surface area contributed by atoms with Gasteiger partial charge in [0.1, 0.15) is 0 Å². The standard InChI is InChI=1S/C49H97NO5S/c1-3-5-7-9-11-13-15-17-19-21-23-25-26-28-30-32-34-36-38-40-42-44-48(51)47(46-56(53,54)55)50-49(52)45-43-41-39-37-35-33-31-29-27-24-22-20-18-16-14-12-10-8-6-4-2/h42,44,47-48,51H,3-41,43,45-46H2,1-2H3,(H,50,52)(H,53,54,55)/b44-42+. The fraction of sp³-hybridized carbons (Fsp3) is 0.939. The summed E-state index contributed by atoms with van der Waals surface area (Å²) < 4.78 is 32.7. The van der Waals surface area contributed by atoms with Crippen molar-refractivity contribution in [1.29, 1.82) is 0 Å². The normalized spacial score (nSPS) is 13.1. The Hall–Kier alpha value is -0.920. The Morgan fingerprint density at radius 1 is 0.464 bits per heavy atom. The molecular formula is C49H97NO5S. The lowest BCUT2D eigenvalue weighted by Crippen LogP contribution is -2.46. The average Bonchev–Trinajstić information content (AvgIpc) is 3.16. The largest absolute Gasteiger partial charge is 0.387 e. The van der Waals surface area contributed by atoms with Crippen LogP contribution in [0.25, 0.3) is 0 Å². The predicted octanol–water partition coefficient (Wildman–Crippen LogP) is 15.3. The van der Waals surface area contributed by atoms with Gasteiger partial charge in [-0.2, -0.15) is 8.42 Å². The molecule has 0 bridgehead atoms. The maximum Gasteiger partial charge on any atom is 0.267 e. The highest BCUT2D eigenvalue weighted by Gasteiger charge is 2.24. The van der Waals surface area contributed by atoms with Crippen LogP contribution in [-0.4, -0.2) is 41.9 Å². The van der Waals surface area contributed by atoms with Gasteiger partial charge < -0.3 is 10.4 Å². The first kappa shape index (κ1) is 55.1. The molecule has 3 N–H and O–H groups in total. The molecule has 0 heterocycles. The highest BCUT2D eigenvalue weighted by atomic mass is 32.2. The smallest absolute Gasteiger partial charge is 0.267 e. The van der Waals surface area contributed by atoms with E-state index in [9.17, 15) is 22.9 Å². The summed E-state index contributed by atoms with van der Waals surface area (Å²) in [5.41, 5.74) is 0. The van der Waals surface area contributed by atoms with Gasteiger partial charge in [0, 0.05) is 6.42 Å². The van der Waals surface area contributed by atoms with Gasteiger partial charge in [0.2, 0.25) is 5.91 Å². The first-order valence-electron chi connectivity index (χ1n) is 24.9. The van der Waals surface area contributed by atoms with E-state index in [0.717, 1.165) is 38.5 Å². The van der Waals surface area contributed by atoms with Gasteiger partial charge in [0.05, 0.1) is 17.9 Å². The zero-order valence-electron chi connectivity index (χ0n) is 37.5. The molecule has 334 valence electrons. The summed E-state index contributed by atoms with van der Waals surface area (Å²) in [7, 11) is -4.34. The molecule has 7 heteroatoms. The number of hydrogen-bond acceptors (Lipinski definition) is 4. The second-order valence-corrected chi connectivity index (χ2v) is 19.0. The third kappa shape index (κ3) is 44.2. The Morgan fingerprint density at radius 3 is 1.02 bits per heavy atom. The summed E-state index contributed by atoms with van der Waals surface area (Å²) in [6, 6.07) is -1.05. The Morgan fingerprint density at radius 2 is 0.732 bits per heavy atom. The maximum atomic E-state index is 12.6. The van der Waals surface area contributed by atoms with E-state index in [1.165, 1.54) is 218 Å². The zero-order chi connectivity index (χ0) is 41.1. The highest BCUT2D eigenvalue weighted by Crippen LogP contribution is 2.17. The topological polar surface area (TPSA) is 104 Å². The summed E-state index contributed by atoms with van der Waals surface area (Å²) in [6.45, 7) is 4.56. The number of rotatable bonds is 46. The van der Waals surface area contributed by atoms with Crippen LogP contribution in [-0.2, 0) is 14.9 Å². The fourth-order valence-corrected chi connectivity index (χ4v) is 8.72. The van der Waals surface area contributed by atoms with Crippen LogP contribution in [0.4, 0.5) is 0 Å². The number of unbranched alkanes of at least 4 members (excludes halogenated alkanes) is 38. The minimum absolute atomic E-state index is 0.271. The lowest BCUT2D eigenvalue weighted by Gasteiger charge is -2.21. The van der Waals surface area contributed by atoms with E-state index in [1.54, 1.807) is 6.08 Å². The average molecular weight is 812 g/mol. The SMILES string of the molecule is CCCCCCCCCCCCCCCCCCCCC/C=C/C(O)C(CS(=O)(=O)O)NC(=O)CCCCCCCCCCCCCCCCCCCCCC. The number of nitrogens with one attached hydrogen (secondary N) is 1. The number of hydrogen-bond donors (Lipinski definition) is 3. The van der Waals surface area contributed by atoms with Crippen LogP contribution in [0.1, 0.15) is 277 Å². The van der Waals surface area contributed by atoms with Crippen molar-refractivity contribution in [3.05, 3.63) is 12.2 Å². The minimum Gasteiger partial charge on any atom is -0.387 e. The molecule has 0 aliphatic rings. The van der Waals surface area contributed by atoms with E-state index in [1.807, 2.05) is 6.08 Å². The molecule has 0 spiro atoms. The van der Waals surface area contributed by atoms with Crippen molar-refractivity contribution in [2.24, 2.45) is 0 Å². The molecule has 2 atom stereocenters. The molecule has 1 amide bonds. The molecule has 2 unspecified atom stereocenters. The molecule has 0 saturated heterocycles. The number of carbonyl (C=O) groups excluding carboxylic acids is 1. The van der Waals surface area contributed by atoms with Crippen LogP contribution < -0.4 is 5.32 Å². The summed E-state index contributed by atoms with van der Waals surface area (Å²) in [4.78, 5) is 12.6. The highest BCUT2D eigenvalue weighted by molar-refractivity contribution is 7.85. The first-order valence-corrected chi connectivity index (χ1v) is 26.5. The zero-order valence-corrected chi connectivity index (χ0v) is 38.4. The summed E-state index contributed by atoms with van der Waals surface area (Å²) >= 11 is 0. The second-order valence-electron chi connectivity index (χ2n) is 17.5. The lowest BCUT2D eigenvalue weighted by molar-refractivity contribution is -0.122. The van der Waals surface area contributed by atoms with Gasteiger partial charge >= 0.3 is 0 Å². The molecule has 0 aromatic carbocycles. The quantitative estimate of drug-likeness (QED) is 0.0323. The maximum absolute atomic E-state index is 12.6. The van der Waals surface area contributed by atoms with E-state index in [0.29, 0.717) is 6.42 Å². The van der Waals surface area contributed by atoms with Crippen LogP contribution in [0.5, 0.6) is 0 Å². The van der Waals surface area contributed by atoms with Crippen molar-refractivity contribution in [2.45, 2.75) is 289 Å². The van der Waals surface area contributed by atoms with Gasteiger partial charge in [-0.25, -0.2) is 0 Å². The third-order valence-corrected chi connectivity index (χ3v) is 12.5. The summed E-state index contributed by atoms with van der Waals surface area (Å²) in [5, 5.41) is 13.3. The van der Waals surface area contributed by atoms with Crippen LogP contribution in [0.2, 0.25) is 0 Å². The molecule has 0 aliphatic heterocycles. The number of carbonyl (C=O) groups is 1. The summed E-state index contributed by atoms with van der Waals surface area (Å²) in [6.07, 6.45) is 55.0. The molecule has 0 aliphatic carbocycles. The van der Waals surface area contributed by atoms with E-state index in [2.05, 4.69) is 19.2 Å². The van der Waals surface area contributed by atoms with Gasteiger partial charge in [0.25, 0.3) is 10.1 Å². The van der Waals surface area contributed by atoms with Gasteiger partial charge in [-0.1, -0.05) is 264 Å². The second kappa shape index (κ2) is 43.7. The van der Waals surface area contributed by atoms with Gasteiger partial charge in [-0.05, 0) is 19.3 Å². The number of allylic oxidation sites excluding steroid dienone is 1. The van der Waals surface area contributed by atoms with Crippen LogP contribution >= 0.6 is 0 Å². The molecule has 56 heavy (non-hydrogen) atoms. The van der Waals surface area contributed by atoms with Gasteiger partial charge in [0.15, 0.2) is 0 Å². The van der Waals surface area contributed by atoms with Crippen molar-refractivity contribution in [3.63, 3.8) is 0 Å². The van der Waals surface area contributed by atoms with Gasteiger partial charge in [-0.3, -0.25) is 9.35 Å². The molecule has 0 saturated carbocycles. The predicted molar refractivity (Wildman–Crippen MR) is 244 cm³/mol. The van der Waals surface area contributed by atoms with Crippen molar-refractivity contribution in [2.75, 3.05) is 5.75 Å². The van der Waals surface area contributed by atoms with Crippen LogP contribution in [0, 0.1) is 0 Å². The third-order valence-electron chi connectivity index (χ3n) is 11.7. The molecular weight excluding hydrogens is 715 g/mol. The van der Waals surface area contributed by atoms with Crippen molar-refractivity contribution in [3.8, 4) is 0 Å².